The van der Waals surface area contributed by atoms with Crippen LogP contribution >= 0.6 is 15.9 Å². The van der Waals surface area contributed by atoms with Gasteiger partial charge in [-0.15, -0.1) is 0 Å². The largest absolute Gasteiger partial charge is 0.488 e. The molecule has 32 heavy (non-hydrogen) atoms. The Morgan fingerprint density at radius 1 is 0.938 bits per heavy atom. The Morgan fingerprint density at radius 2 is 1.62 bits per heavy atom. The second-order valence-electron chi connectivity index (χ2n) is 7.17. The molecule has 4 rings (SSSR count). The molecule has 4 nitrogen and oxygen atoms in total. The van der Waals surface area contributed by atoms with Crippen molar-refractivity contribution < 1.29 is 14.6 Å². The van der Waals surface area contributed by atoms with Gasteiger partial charge in [0.15, 0.2) is 0 Å². The van der Waals surface area contributed by atoms with Gasteiger partial charge in [0.1, 0.15) is 12.4 Å². The molecule has 0 unspecified atom stereocenters. The van der Waals surface area contributed by atoms with Gasteiger partial charge in [-0.1, -0.05) is 70.5 Å². The van der Waals surface area contributed by atoms with Gasteiger partial charge in [-0.05, 0) is 58.3 Å². The Bertz CT molecular complexity index is 1350. The van der Waals surface area contributed by atoms with Crippen molar-refractivity contribution in [1.29, 1.82) is 5.26 Å². The summed E-state index contributed by atoms with van der Waals surface area (Å²) in [6.07, 6.45) is 1.80. The third kappa shape index (κ3) is 4.72. The Morgan fingerprint density at radius 3 is 2.31 bits per heavy atom. The van der Waals surface area contributed by atoms with Crippen LogP contribution in [0, 0.1) is 11.3 Å². The first kappa shape index (κ1) is 21.4. The molecule has 0 spiro atoms. The summed E-state index contributed by atoms with van der Waals surface area (Å²) < 4.78 is 7.16. The van der Waals surface area contributed by atoms with E-state index in [0.29, 0.717) is 23.5 Å². The summed E-state index contributed by atoms with van der Waals surface area (Å²) in [5.41, 5.74) is 3.07. The lowest BCUT2D eigenvalue weighted by molar-refractivity contribution is 0.0697. The third-order valence-electron chi connectivity index (χ3n) is 5.09. The number of halogens is 1. The van der Waals surface area contributed by atoms with E-state index >= 15 is 0 Å². The highest BCUT2D eigenvalue weighted by Crippen LogP contribution is 2.32. The van der Waals surface area contributed by atoms with Crippen molar-refractivity contribution in [3.8, 4) is 11.8 Å². The van der Waals surface area contributed by atoms with Crippen LogP contribution in [0.4, 0.5) is 0 Å². The summed E-state index contributed by atoms with van der Waals surface area (Å²) >= 11 is 3.44. The van der Waals surface area contributed by atoms with Crippen molar-refractivity contribution >= 4 is 44.3 Å². The lowest BCUT2D eigenvalue weighted by Crippen LogP contribution is -1.98. The van der Waals surface area contributed by atoms with Gasteiger partial charge in [-0.2, -0.15) is 5.26 Å². The fourth-order valence-electron chi connectivity index (χ4n) is 3.41. The minimum absolute atomic E-state index is 0.176. The molecular formula is C27H18BrNO3. The number of rotatable bonds is 6. The van der Waals surface area contributed by atoms with E-state index in [-0.39, 0.29) is 5.56 Å². The molecule has 0 amide bonds. The zero-order chi connectivity index (χ0) is 22.5. The molecule has 4 aromatic rings. The third-order valence-corrected chi connectivity index (χ3v) is 5.62. The number of hydrogen-bond acceptors (Lipinski definition) is 3. The highest BCUT2D eigenvalue weighted by atomic mass is 79.9. The number of allylic oxidation sites excluding steroid dienone is 1. The smallest absolute Gasteiger partial charge is 0.335 e. The van der Waals surface area contributed by atoms with Gasteiger partial charge < -0.3 is 9.84 Å². The number of carboxylic acid groups (broad SMARTS) is 1. The van der Waals surface area contributed by atoms with E-state index in [0.717, 1.165) is 26.4 Å². The number of carbonyl (C=O) groups is 1. The topological polar surface area (TPSA) is 70.3 Å². The summed E-state index contributed by atoms with van der Waals surface area (Å²) in [6, 6.07) is 28.3. The maximum atomic E-state index is 11.1. The standard InChI is InChI=1S/C27H18BrNO3/c28-23-12-5-18(6-13-23)17-32-26-14-11-20-3-1-2-4-24(20)25(26)15-22(16-29)19-7-9-21(10-8-19)27(30)31/h1-15H,17H2,(H,30,31)/b22-15-. The number of hydrogen-bond donors (Lipinski definition) is 1. The molecule has 156 valence electrons. The van der Waals surface area contributed by atoms with Crippen LogP contribution in [-0.4, -0.2) is 11.1 Å². The fraction of sp³-hybridized carbons (Fsp3) is 0.0370. The molecule has 0 heterocycles. The Balaban J connectivity index is 1.76. The summed E-state index contributed by atoms with van der Waals surface area (Å²) in [5.74, 6) is -0.335. The predicted octanol–water partition coefficient (Wildman–Crippen LogP) is 6.94. The van der Waals surface area contributed by atoms with Crippen LogP contribution in [0.25, 0.3) is 22.4 Å². The maximum absolute atomic E-state index is 11.1. The number of nitrogens with zero attached hydrogens (tertiary/aromatic N) is 1. The Kier molecular flexibility index (Phi) is 6.34. The molecule has 0 aliphatic carbocycles. The number of aromatic carboxylic acids is 1. The van der Waals surface area contributed by atoms with E-state index in [2.05, 4.69) is 22.0 Å². The minimum Gasteiger partial charge on any atom is -0.488 e. The van der Waals surface area contributed by atoms with Crippen LogP contribution in [0.1, 0.15) is 27.0 Å². The van der Waals surface area contributed by atoms with Gasteiger partial charge >= 0.3 is 5.97 Å². The molecule has 1 N–H and O–H groups in total. The molecule has 0 bridgehead atoms. The Labute approximate surface area is 194 Å². The molecule has 5 heteroatoms. The summed E-state index contributed by atoms with van der Waals surface area (Å²) in [7, 11) is 0. The Hall–Kier alpha value is -3.88. The normalized spacial score (nSPS) is 11.2. The average molecular weight is 484 g/mol. The summed E-state index contributed by atoms with van der Waals surface area (Å²) in [5, 5.41) is 21.0. The van der Waals surface area contributed by atoms with Crippen LogP contribution < -0.4 is 4.74 Å². The highest BCUT2D eigenvalue weighted by Gasteiger charge is 2.11. The van der Waals surface area contributed by atoms with Crippen molar-refractivity contribution in [3.63, 3.8) is 0 Å². The van der Waals surface area contributed by atoms with Gasteiger partial charge in [0.05, 0.1) is 17.2 Å². The molecule has 0 aliphatic heterocycles. The average Bonchev–Trinajstić information content (AvgIpc) is 2.82. The molecule has 0 saturated heterocycles. The molecule has 0 fully saturated rings. The fourth-order valence-corrected chi connectivity index (χ4v) is 3.67. The number of carboxylic acids is 1. The number of benzene rings is 4. The second kappa shape index (κ2) is 9.51. The van der Waals surface area contributed by atoms with E-state index in [1.165, 1.54) is 12.1 Å². The van der Waals surface area contributed by atoms with Crippen molar-refractivity contribution in [2.45, 2.75) is 6.61 Å². The molecule has 0 atom stereocenters. The van der Waals surface area contributed by atoms with Crippen LogP contribution in [0.3, 0.4) is 0 Å². The van der Waals surface area contributed by atoms with Crippen molar-refractivity contribution in [2.24, 2.45) is 0 Å². The van der Waals surface area contributed by atoms with Crippen molar-refractivity contribution in [3.05, 3.63) is 112 Å². The lowest BCUT2D eigenvalue weighted by atomic mass is 9.98. The monoisotopic (exact) mass is 483 g/mol. The predicted molar refractivity (Wildman–Crippen MR) is 129 cm³/mol. The maximum Gasteiger partial charge on any atom is 0.335 e. The SMILES string of the molecule is N#C/C(=C/c1c(OCc2ccc(Br)cc2)ccc2ccccc12)c1ccc(C(=O)O)cc1. The first-order valence-corrected chi connectivity index (χ1v) is 10.7. The highest BCUT2D eigenvalue weighted by molar-refractivity contribution is 9.10. The zero-order valence-electron chi connectivity index (χ0n) is 17.0. The van der Waals surface area contributed by atoms with E-state index in [4.69, 9.17) is 9.84 Å². The van der Waals surface area contributed by atoms with Gasteiger partial charge in [0.25, 0.3) is 0 Å². The molecule has 0 saturated carbocycles. The van der Waals surface area contributed by atoms with Crippen LogP contribution in [0.15, 0.2) is 89.4 Å². The van der Waals surface area contributed by atoms with Gasteiger partial charge in [0, 0.05) is 10.0 Å². The number of nitriles is 1. The van der Waals surface area contributed by atoms with E-state index in [1.807, 2.05) is 60.7 Å². The van der Waals surface area contributed by atoms with Crippen molar-refractivity contribution in [1.82, 2.24) is 0 Å². The molecule has 0 radical (unpaired) electrons. The van der Waals surface area contributed by atoms with Crippen LogP contribution in [0.2, 0.25) is 0 Å². The van der Waals surface area contributed by atoms with Gasteiger partial charge in [-0.25, -0.2) is 4.79 Å². The van der Waals surface area contributed by atoms with Crippen molar-refractivity contribution in [2.75, 3.05) is 0 Å². The minimum atomic E-state index is -1.00. The summed E-state index contributed by atoms with van der Waals surface area (Å²) in [4.78, 5) is 11.1. The quantitative estimate of drug-likeness (QED) is 0.238. The molecule has 0 aromatic heterocycles. The van der Waals surface area contributed by atoms with E-state index < -0.39 is 5.97 Å². The first-order valence-electron chi connectivity index (χ1n) is 9.89. The number of ether oxygens (including phenoxy) is 1. The van der Waals surface area contributed by atoms with E-state index in [1.54, 1.807) is 18.2 Å². The number of fused-ring (bicyclic) bond motifs is 1. The van der Waals surface area contributed by atoms with Gasteiger partial charge in [0.2, 0.25) is 0 Å². The summed E-state index contributed by atoms with van der Waals surface area (Å²) in [6.45, 7) is 0.391. The molecular weight excluding hydrogens is 466 g/mol. The van der Waals surface area contributed by atoms with Gasteiger partial charge in [-0.3, -0.25) is 0 Å². The molecule has 4 aromatic carbocycles. The first-order chi connectivity index (χ1) is 15.5. The van der Waals surface area contributed by atoms with E-state index in [9.17, 15) is 10.1 Å². The second-order valence-corrected chi connectivity index (χ2v) is 8.08. The molecule has 0 aliphatic rings. The van der Waals surface area contributed by atoms with Crippen LogP contribution in [-0.2, 0) is 6.61 Å². The van der Waals surface area contributed by atoms with Crippen LogP contribution in [0.5, 0.6) is 5.75 Å². The lowest BCUT2D eigenvalue weighted by Gasteiger charge is -2.13. The zero-order valence-corrected chi connectivity index (χ0v) is 18.5.